The number of rotatable bonds is 7. The first-order chi connectivity index (χ1) is 18.8. The first kappa shape index (κ1) is 26.6. The monoisotopic (exact) mass is 537 g/mol. The Bertz CT molecular complexity index is 1290. The van der Waals surface area contributed by atoms with Gasteiger partial charge in [0.1, 0.15) is 0 Å². The number of aromatic nitrogens is 1. The maximum atomic E-state index is 13.8. The number of alkyl halides is 2. The Kier molecular flexibility index (Phi) is 7.54. The minimum atomic E-state index is -3.05. The van der Waals surface area contributed by atoms with Crippen molar-refractivity contribution in [3.05, 3.63) is 71.6 Å². The molecule has 1 atom stereocenters. The van der Waals surface area contributed by atoms with Crippen LogP contribution in [-0.2, 0) is 4.79 Å². The molecule has 0 spiro atoms. The number of anilines is 2. The molecule has 1 saturated heterocycles. The smallest absolute Gasteiger partial charge is 0.388 e. The zero-order chi connectivity index (χ0) is 27.7. The molecule has 10 heteroatoms. The minimum Gasteiger partial charge on any atom is -0.417 e. The zero-order valence-electron chi connectivity index (χ0n) is 22.0. The number of ether oxygens (including phenoxy) is 1. The van der Waals surface area contributed by atoms with E-state index in [1.54, 1.807) is 9.80 Å². The summed E-state index contributed by atoms with van der Waals surface area (Å²) in [6.45, 7) is 1.87. The van der Waals surface area contributed by atoms with Gasteiger partial charge in [0, 0.05) is 56.8 Å². The van der Waals surface area contributed by atoms with Gasteiger partial charge in [0.05, 0.1) is 17.3 Å². The summed E-state index contributed by atoms with van der Waals surface area (Å²) >= 11 is 0. The van der Waals surface area contributed by atoms with Gasteiger partial charge in [0.2, 0.25) is 11.8 Å². The molecule has 1 aromatic carbocycles. The van der Waals surface area contributed by atoms with E-state index in [0.717, 1.165) is 35.9 Å². The van der Waals surface area contributed by atoms with Crippen LogP contribution in [0.1, 0.15) is 53.9 Å². The number of nitrogen functional groups attached to an aromatic ring is 1. The van der Waals surface area contributed by atoms with Gasteiger partial charge in [-0.05, 0) is 60.9 Å². The molecule has 2 aliphatic heterocycles. The zero-order valence-corrected chi connectivity index (χ0v) is 22.0. The lowest BCUT2D eigenvalue weighted by Crippen LogP contribution is -2.51. The standard InChI is InChI=1S/C29H33F2N5O3/c1-3-27(37)35-13-4-5-21-24(34(2)20-10-8-19(9-11-20)18-6-7-18)12-14-36(25(21)17-35)28(38)22-16-33-26(15-23(22)32)39-29(30)31/h3,8-11,15-16,18,25,29H,1,4-7,12-14,17H2,2H3,(H2,32,33). The molecule has 1 aliphatic carbocycles. The van der Waals surface area contributed by atoms with Crippen molar-refractivity contribution in [1.29, 1.82) is 0 Å². The van der Waals surface area contributed by atoms with Crippen molar-refractivity contribution in [3.8, 4) is 5.88 Å². The molecule has 206 valence electrons. The number of pyridine rings is 1. The van der Waals surface area contributed by atoms with Crippen LogP contribution in [0, 0.1) is 0 Å². The highest BCUT2D eigenvalue weighted by atomic mass is 19.3. The molecule has 3 aliphatic rings. The molecule has 5 rings (SSSR count). The van der Waals surface area contributed by atoms with Gasteiger partial charge in [0.25, 0.3) is 5.91 Å². The van der Waals surface area contributed by atoms with Crippen LogP contribution < -0.4 is 15.4 Å². The molecule has 8 nitrogen and oxygen atoms in total. The van der Waals surface area contributed by atoms with E-state index in [4.69, 9.17) is 5.73 Å². The molecular formula is C29H33F2N5O3. The van der Waals surface area contributed by atoms with Gasteiger partial charge >= 0.3 is 6.61 Å². The fourth-order valence-electron chi connectivity index (χ4n) is 5.64. The summed E-state index contributed by atoms with van der Waals surface area (Å²) in [6, 6.07) is 9.43. The number of nitrogens with zero attached hydrogens (tertiary/aromatic N) is 4. The van der Waals surface area contributed by atoms with E-state index < -0.39 is 6.61 Å². The van der Waals surface area contributed by atoms with Crippen molar-refractivity contribution in [3.63, 3.8) is 0 Å². The van der Waals surface area contributed by atoms with Crippen molar-refractivity contribution >= 4 is 23.2 Å². The van der Waals surface area contributed by atoms with Crippen LogP contribution in [0.4, 0.5) is 20.2 Å². The quantitative estimate of drug-likeness (QED) is 0.521. The average molecular weight is 538 g/mol. The lowest BCUT2D eigenvalue weighted by atomic mass is 9.92. The van der Waals surface area contributed by atoms with E-state index in [2.05, 4.69) is 45.5 Å². The number of carbonyl (C=O) groups is 2. The van der Waals surface area contributed by atoms with Crippen LogP contribution in [0.2, 0.25) is 0 Å². The molecule has 2 aromatic rings. The second-order valence-electron chi connectivity index (χ2n) is 10.2. The second-order valence-corrected chi connectivity index (χ2v) is 10.2. The van der Waals surface area contributed by atoms with E-state index in [0.29, 0.717) is 32.0 Å². The molecule has 2 amide bonds. The molecular weight excluding hydrogens is 504 g/mol. The van der Waals surface area contributed by atoms with E-state index in [-0.39, 0.29) is 35.0 Å². The maximum Gasteiger partial charge on any atom is 0.388 e. The lowest BCUT2D eigenvalue weighted by molar-refractivity contribution is -0.126. The number of hydrogen-bond acceptors (Lipinski definition) is 6. The highest BCUT2D eigenvalue weighted by molar-refractivity contribution is 5.99. The van der Waals surface area contributed by atoms with E-state index >= 15 is 0 Å². The number of fused-ring (bicyclic) bond motifs is 1. The van der Waals surface area contributed by atoms with Crippen molar-refractivity contribution in [2.75, 3.05) is 37.3 Å². The Morgan fingerprint density at radius 2 is 1.95 bits per heavy atom. The van der Waals surface area contributed by atoms with Crippen LogP contribution in [0.15, 0.2) is 60.5 Å². The summed E-state index contributed by atoms with van der Waals surface area (Å²) in [5, 5.41) is 0. The van der Waals surface area contributed by atoms with Crippen LogP contribution in [0.5, 0.6) is 5.88 Å². The third-order valence-electron chi connectivity index (χ3n) is 7.84. The van der Waals surface area contributed by atoms with E-state index in [1.807, 2.05) is 7.05 Å². The SMILES string of the molecule is C=CC(=O)N1CCCC2=C(N(C)c3ccc(C4CC4)cc3)CCN(C(=O)c3cnc(OC(F)F)cc3N)C2C1. The van der Waals surface area contributed by atoms with E-state index in [9.17, 15) is 18.4 Å². The van der Waals surface area contributed by atoms with Gasteiger partial charge in [-0.2, -0.15) is 8.78 Å². The predicted octanol–water partition coefficient (Wildman–Crippen LogP) is 4.56. The number of hydrogen-bond donors (Lipinski definition) is 1. The highest BCUT2D eigenvalue weighted by Crippen LogP contribution is 2.41. The Morgan fingerprint density at radius 1 is 1.21 bits per heavy atom. The number of carbonyl (C=O) groups excluding carboxylic acids is 2. The Labute approximate surface area is 226 Å². The van der Waals surface area contributed by atoms with Gasteiger partial charge < -0.3 is 25.2 Å². The minimum absolute atomic E-state index is 0.00231. The number of amides is 2. The van der Waals surface area contributed by atoms with Crippen molar-refractivity contribution in [1.82, 2.24) is 14.8 Å². The molecule has 2 fully saturated rings. The predicted molar refractivity (Wildman–Crippen MR) is 145 cm³/mol. The lowest BCUT2D eigenvalue weighted by Gasteiger charge is -2.42. The summed E-state index contributed by atoms with van der Waals surface area (Å²) in [4.78, 5) is 35.9. The summed E-state index contributed by atoms with van der Waals surface area (Å²) in [5.41, 5.74) is 10.9. The maximum absolute atomic E-state index is 13.8. The molecule has 1 saturated carbocycles. The van der Waals surface area contributed by atoms with Gasteiger partial charge in [-0.25, -0.2) is 4.98 Å². The van der Waals surface area contributed by atoms with Crippen LogP contribution >= 0.6 is 0 Å². The molecule has 1 aromatic heterocycles. The van der Waals surface area contributed by atoms with Gasteiger partial charge in [-0.1, -0.05) is 18.7 Å². The third kappa shape index (κ3) is 5.60. The molecule has 1 unspecified atom stereocenters. The molecule has 2 N–H and O–H groups in total. The number of benzene rings is 1. The van der Waals surface area contributed by atoms with Gasteiger partial charge in [0.15, 0.2) is 0 Å². The first-order valence-corrected chi connectivity index (χ1v) is 13.2. The largest absolute Gasteiger partial charge is 0.417 e. The summed E-state index contributed by atoms with van der Waals surface area (Å²) in [6.07, 6.45) is 7.07. The Hall–Kier alpha value is -3.95. The molecule has 0 bridgehead atoms. The van der Waals surface area contributed by atoms with Crippen LogP contribution in [-0.4, -0.2) is 65.9 Å². The number of halogens is 2. The van der Waals surface area contributed by atoms with Gasteiger partial charge in [-0.3, -0.25) is 9.59 Å². The van der Waals surface area contributed by atoms with E-state index in [1.165, 1.54) is 30.7 Å². The fourth-order valence-corrected chi connectivity index (χ4v) is 5.64. The topological polar surface area (TPSA) is 92.0 Å². The number of likely N-dealkylation sites (tertiary alicyclic amines) is 1. The first-order valence-electron chi connectivity index (χ1n) is 13.2. The van der Waals surface area contributed by atoms with Crippen molar-refractivity contribution in [2.24, 2.45) is 0 Å². The molecule has 3 heterocycles. The van der Waals surface area contributed by atoms with Gasteiger partial charge in [-0.15, -0.1) is 0 Å². The average Bonchev–Trinajstić information content (AvgIpc) is 3.78. The summed E-state index contributed by atoms with van der Waals surface area (Å²) in [5.74, 6) is -0.228. The summed E-state index contributed by atoms with van der Waals surface area (Å²) in [7, 11) is 2.05. The number of nitrogens with two attached hydrogens (primary N) is 1. The Morgan fingerprint density at radius 3 is 2.59 bits per heavy atom. The summed E-state index contributed by atoms with van der Waals surface area (Å²) < 4.78 is 29.5. The van der Waals surface area contributed by atoms with Crippen molar-refractivity contribution < 1.29 is 23.1 Å². The van der Waals surface area contributed by atoms with Crippen molar-refractivity contribution in [2.45, 2.75) is 50.7 Å². The second kappa shape index (κ2) is 11.0. The highest BCUT2D eigenvalue weighted by Gasteiger charge is 2.38. The third-order valence-corrected chi connectivity index (χ3v) is 7.84. The fraction of sp³-hybridized carbons (Fsp3) is 0.414. The van der Waals surface area contributed by atoms with Crippen LogP contribution in [0.25, 0.3) is 0 Å². The van der Waals surface area contributed by atoms with Crippen LogP contribution in [0.3, 0.4) is 0 Å². The molecule has 0 radical (unpaired) electrons. The normalized spacial score (nSPS) is 19.4. The molecule has 39 heavy (non-hydrogen) atoms. The Balaban J connectivity index is 1.47.